The molecule has 0 unspecified atom stereocenters. The molecule has 0 aliphatic carbocycles. The predicted molar refractivity (Wildman–Crippen MR) is 109 cm³/mol. The molecule has 0 amide bonds. The van der Waals surface area contributed by atoms with Gasteiger partial charge in [0.25, 0.3) is 0 Å². The number of aromatic hydroxyl groups is 1. The van der Waals surface area contributed by atoms with Gasteiger partial charge < -0.3 is 15.2 Å². The summed E-state index contributed by atoms with van der Waals surface area (Å²) >= 11 is 0. The topological polar surface area (TPSA) is 98.0 Å². The Kier molecular flexibility index (Phi) is 4.13. The number of fused-ring (bicyclic) bond motifs is 1. The molecule has 146 valence electrons. The number of pyridine rings is 1. The number of hydrogen-bond acceptors (Lipinski definition) is 7. The Morgan fingerprint density at radius 1 is 1.10 bits per heavy atom. The zero-order valence-corrected chi connectivity index (χ0v) is 16.1. The van der Waals surface area contributed by atoms with Gasteiger partial charge in [-0.15, -0.1) is 0 Å². The van der Waals surface area contributed by atoms with Crippen LogP contribution in [0, 0.1) is 0 Å². The highest BCUT2D eigenvalue weighted by Crippen LogP contribution is 2.34. The SMILES string of the molecule is COc1nc(-c2ccc(-c3ccc(C4CNC4)nn3)c(O)c2)cc2cn(C)nc12. The van der Waals surface area contributed by atoms with Crippen LogP contribution in [0.3, 0.4) is 0 Å². The Labute approximate surface area is 167 Å². The van der Waals surface area contributed by atoms with Crippen molar-refractivity contribution in [3.63, 3.8) is 0 Å². The van der Waals surface area contributed by atoms with Gasteiger partial charge >= 0.3 is 0 Å². The molecule has 0 spiro atoms. The van der Waals surface area contributed by atoms with E-state index in [1.165, 1.54) is 0 Å². The van der Waals surface area contributed by atoms with Crippen molar-refractivity contribution < 1.29 is 9.84 Å². The summed E-state index contributed by atoms with van der Waals surface area (Å²) in [5.74, 6) is 1.01. The third-order valence-corrected chi connectivity index (χ3v) is 5.22. The number of hydrogen-bond donors (Lipinski definition) is 2. The van der Waals surface area contributed by atoms with Gasteiger partial charge in [-0.3, -0.25) is 4.68 Å². The molecule has 1 aliphatic heterocycles. The molecule has 8 heteroatoms. The number of phenols is 1. The maximum absolute atomic E-state index is 10.6. The standard InChI is InChI=1S/C21H20N6O2/c1-27-11-13-7-18(23-21(29-2)20(13)26-27)12-3-4-15(19(28)8-12)17-6-5-16(24-25-17)14-9-22-10-14/h3-8,11,14,22,28H,9-10H2,1-2H3. The first kappa shape index (κ1) is 17.6. The van der Waals surface area contributed by atoms with E-state index in [2.05, 4.69) is 25.6 Å². The lowest BCUT2D eigenvalue weighted by Gasteiger charge is -2.25. The third kappa shape index (κ3) is 3.07. The van der Waals surface area contributed by atoms with Crippen LogP contribution in [0.15, 0.2) is 42.6 Å². The quantitative estimate of drug-likeness (QED) is 0.554. The fraction of sp³-hybridized carbons (Fsp3) is 0.238. The molecule has 0 radical (unpaired) electrons. The molecule has 29 heavy (non-hydrogen) atoms. The normalized spacial score (nSPS) is 14.1. The van der Waals surface area contributed by atoms with Crippen molar-refractivity contribution in [2.75, 3.05) is 20.2 Å². The molecule has 1 aromatic carbocycles. The Bertz CT molecular complexity index is 1200. The highest BCUT2D eigenvalue weighted by Gasteiger charge is 2.21. The summed E-state index contributed by atoms with van der Waals surface area (Å²) in [5, 5.41) is 27.8. The molecular formula is C21H20N6O2. The Balaban J connectivity index is 1.50. The van der Waals surface area contributed by atoms with Crippen molar-refractivity contribution in [3.05, 3.63) is 48.3 Å². The average molecular weight is 388 g/mol. The summed E-state index contributed by atoms with van der Waals surface area (Å²) in [7, 11) is 3.43. The molecule has 1 fully saturated rings. The summed E-state index contributed by atoms with van der Waals surface area (Å²) in [6, 6.07) is 11.2. The van der Waals surface area contributed by atoms with Gasteiger partial charge in [0.15, 0.2) is 5.52 Å². The van der Waals surface area contributed by atoms with E-state index < -0.39 is 0 Å². The number of aryl methyl sites for hydroxylation is 1. The number of benzene rings is 1. The molecule has 0 bridgehead atoms. The highest BCUT2D eigenvalue weighted by atomic mass is 16.5. The number of nitrogens with one attached hydrogen (secondary N) is 1. The van der Waals surface area contributed by atoms with Crippen LogP contribution in [-0.4, -0.2) is 50.3 Å². The summed E-state index contributed by atoms with van der Waals surface area (Å²) in [5.41, 5.74) is 4.43. The number of nitrogens with zero attached hydrogens (tertiary/aromatic N) is 5. The van der Waals surface area contributed by atoms with Gasteiger partial charge in [0.05, 0.1) is 24.2 Å². The predicted octanol–water partition coefficient (Wildman–Crippen LogP) is 2.49. The maximum atomic E-state index is 10.6. The van der Waals surface area contributed by atoms with Crippen molar-refractivity contribution in [3.8, 4) is 34.1 Å². The largest absolute Gasteiger partial charge is 0.507 e. The minimum Gasteiger partial charge on any atom is -0.507 e. The van der Waals surface area contributed by atoms with Gasteiger partial charge in [0.2, 0.25) is 5.88 Å². The smallest absolute Gasteiger partial charge is 0.242 e. The lowest BCUT2D eigenvalue weighted by Crippen LogP contribution is -2.40. The van der Waals surface area contributed by atoms with Crippen LogP contribution >= 0.6 is 0 Å². The van der Waals surface area contributed by atoms with E-state index in [0.29, 0.717) is 34.3 Å². The second kappa shape index (κ2) is 6.82. The molecule has 1 aliphatic rings. The molecule has 1 saturated heterocycles. The number of ether oxygens (including phenoxy) is 1. The first-order valence-electron chi connectivity index (χ1n) is 9.39. The van der Waals surface area contributed by atoms with Gasteiger partial charge in [-0.2, -0.15) is 15.3 Å². The molecule has 3 aromatic heterocycles. The summed E-state index contributed by atoms with van der Waals surface area (Å²) in [6.45, 7) is 1.87. The summed E-state index contributed by atoms with van der Waals surface area (Å²) in [6.07, 6.45) is 1.91. The number of phenolic OH excluding ortho intramolecular Hbond substituents is 1. The van der Waals surface area contributed by atoms with Crippen LogP contribution < -0.4 is 10.1 Å². The van der Waals surface area contributed by atoms with Crippen LogP contribution in [0.4, 0.5) is 0 Å². The Morgan fingerprint density at radius 3 is 2.62 bits per heavy atom. The lowest BCUT2D eigenvalue weighted by atomic mass is 9.98. The highest BCUT2D eigenvalue weighted by molar-refractivity contribution is 5.87. The van der Waals surface area contributed by atoms with E-state index in [0.717, 1.165) is 29.7 Å². The second-order valence-corrected chi connectivity index (χ2v) is 7.19. The van der Waals surface area contributed by atoms with Crippen molar-refractivity contribution in [1.82, 2.24) is 30.3 Å². The molecule has 0 saturated carbocycles. The minimum absolute atomic E-state index is 0.127. The van der Waals surface area contributed by atoms with Crippen LogP contribution in [0.2, 0.25) is 0 Å². The Morgan fingerprint density at radius 2 is 1.97 bits per heavy atom. The van der Waals surface area contributed by atoms with Gasteiger partial charge in [0.1, 0.15) is 5.75 Å². The van der Waals surface area contributed by atoms with E-state index in [9.17, 15) is 5.11 Å². The summed E-state index contributed by atoms with van der Waals surface area (Å²) < 4.78 is 7.12. The van der Waals surface area contributed by atoms with E-state index in [1.54, 1.807) is 17.9 Å². The van der Waals surface area contributed by atoms with Gasteiger partial charge in [0, 0.05) is 48.8 Å². The second-order valence-electron chi connectivity index (χ2n) is 7.19. The molecule has 4 heterocycles. The van der Waals surface area contributed by atoms with E-state index in [-0.39, 0.29) is 5.75 Å². The van der Waals surface area contributed by atoms with Crippen molar-refractivity contribution in [1.29, 1.82) is 0 Å². The van der Waals surface area contributed by atoms with Gasteiger partial charge in [-0.25, -0.2) is 4.98 Å². The van der Waals surface area contributed by atoms with Crippen molar-refractivity contribution >= 4 is 10.9 Å². The third-order valence-electron chi connectivity index (χ3n) is 5.22. The van der Waals surface area contributed by atoms with E-state index >= 15 is 0 Å². The molecular weight excluding hydrogens is 368 g/mol. The van der Waals surface area contributed by atoms with Crippen LogP contribution in [0.1, 0.15) is 11.6 Å². The lowest BCUT2D eigenvalue weighted by molar-refractivity contribution is 0.402. The van der Waals surface area contributed by atoms with Crippen LogP contribution in [-0.2, 0) is 7.05 Å². The van der Waals surface area contributed by atoms with E-state index in [4.69, 9.17) is 4.74 Å². The van der Waals surface area contributed by atoms with Crippen molar-refractivity contribution in [2.45, 2.75) is 5.92 Å². The number of aromatic nitrogens is 5. The maximum Gasteiger partial charge on any atom is 0.242 e. The Hall–Kier alpha value is -3.52. The first-order valence-corrected chi connectivity index (χ1v) is 9.39. The van der Waals surface area contributed by atoms with E-state index in [1.807, 2.05) is 43.6 Å². The zero-order chi connectivity index (χ0) is 20.0. The number of methoxy groups -OCH3 is 1. The molecule has 5 rings (SSSR count). The fourth-order valence-electron chi connectivity index (χ4n) is 3.52. The first-order chi connectivity index (χ1) is 14.1. The fourth-order valence-corrected chi connectivity index (χ4v) is 3.52. The monoisotopic (exact) mass is 388 g/mol. The summed E-state index contributed by atoms with van der Waals surface area (Å²) in [4.78, 5) is 4.55. The molecule has 0 atom stereocenters. The molecule has 8 nitrogen and oxygen atoms in total. The van der Waals surface area contributed by atoms with Gasteiger partial charge in [-0.05, 0) is 30.3 Å². The average Bonchev–Trinajstić information content (AvgIpc) is 3.06. The number of rotatable bonds is 4. The van der Waals surface area contributed by atoms with Crippen LogP contribution in [0.5, 0.6) is 11.6 Å². The van der Waals surface area contributed by atoms with Gasteiger partial charge in [-0.1, -0.05) is 6.07 Å². The molecule has 2 N–H and O–H groups in total. The zero-order valence-electron chi connectivity index (χ0n) is 16.1. The molecule has 4 aromatic rings. The minimum atomic E-state index is 0.127. The van der Waals surface area contributed by atoms with Crippen LogP contribution in [0.25, 0.3) is 33.4 Å². The van der Waals surface area contributed by atoms with Crippen molar-refractivity contribution in [2.24, 2.45) is 7.05 Å².